The quantitative estimate of drug-likeness (QED) is 0.507. The van der Waals surface area contributed by atoms with Crippen molar-refractivity contribution in [1.29, 1.82) is 0 Å². The molecule has 1 aliphatic rings. The Morgan fingerprint density at radius 3 is 1.88 bits per heavy atom. The molecule has 0 heterocycles. The highest BCUT2D eigenvalue weighted by Crippen LogP contribution is 2.50. The second kappa shape index (κ2) is 1.35. The third-order valence-corrected chi connectivity index (χ3v) is 2.24. The number of hydrogen-bond acceptors (Lipinski definition) is 1. The molecule has 1 rings (SSSR count). The monoisotopic (exact) mass is 112 g/mol. The van der Waals surface area contributed by atoms with Gasteiger partial charge in [-0.3, -0.25) is 0 Å². The van der Waals surface area contributed by atoms with Gasteiger partial charge < -0.3 is 5.11 Å². The molecule has 0 aromatic rings. The van der Waals surface area contributed by atoms with Gasteiger partial charge in [-0.1, -0.05) is 19.4 Å². The van der Waals surface area contributed by atoms with E-state index in [9.17, 15) is 0 Å². The maximum Gasteiger partial charge on any atom is 0.0652 e. The van der Waals surface area contributed by atoms with Crippen LogP contribution in [0.2, 0.25) is 0 Å². The molecule has 1 N–H and O–H groups in total. The lowest BCUT2D eigenvalue weighted by Gasteiger charge is -2.00. The fourth-order valence-electron chi connectivity index (χ4n) is 1.06. The Morgan fingerprint density at radius 1 is 1.50 bits per heavy atom. The van der Waals surface area contributed by atoms with E-state index in [0.29, 0.717) is 0 Å². The van der Waals surface area contributed by atoms with Gasteiger partial charge in [-0.25, -0.2) is 0 Å². The molecule has 0 aliphatic heterocycles. The number of aliphatic hydroxyl groups is 1. The largest absolute Gasteiger partial charge is 0.392 e. The van der Waals surface area contributed by atoms with E-state index < -0.39 is 0 Å². The molecule has 1 aliphatic carbocycles. The zero-order valence-corrected chi connectivity index (χ0v) is 5.65. The van der Waals surface area contributed by atoms with Crippen molar-refractivity contribution in [2.75, 3.05) is 6.61 Å². The first-order chi connectivity index (χ1) is 3.60. The molecule has 0 atom stereocenters. The third kappa shape index (κ3) is 0.511. The Kier molecular flexibility index (Phi) is 0.984. The standard InChI is InChI=1S/C7H12O/c1-5-6(4-8)7(5,2)3/h8H,4H2,1-3H3. The highest BCUT2D eigenvalue weighted by Gasteiger charge is 2.40. The summed E-state index contributed by atoms with van der Waals surface area (Å²) < 4.78 is 0. The van der Waals surface area contributed by atoms with Crippen LogP contribution in [0, 0.1) is 5.41 Å². The Bertz CT molecular complexity index is 142. The van der Waals surface area contributed by atoms with Crippen molar-refractivity contribution in [2.24, 2.45) is 5.41 Å². The zero-order chi connectivity index (χ0) is 6.36. The topological polar surface area (TPSA) is 20.2 Å². The summed E-state index contributed by atoms with van der Waals surface area (Å²) in [7, 11) is 0. The minimum atomic E-state index is 0.249. The number of aliphatic hydroxyl groups excluding tert-OH is 1. The summed E-state index contributed by atoms with van der Waals surface area (Å²) >= 11 is 0. The van der Waals surface area contributed by atoms with Gasteiger partial charge in [0.15, 0.2) is 0 Å². The predicted molar refractivity (Wildman–Crippen MR) is 33.6 cm³/mol. The van der Waals surface area contributed by atoms with E-state index in [1.54, 1.807) is 0 Å². The van der Waals surface area contributed by atoms with E-state index >= 15 is 0 Å². The van der Waals surface area contributed by atoms with Crippen molar-refractivity contribution >= 4 is 0 Å². The highest BCUT2D eigenvalue weighted by molar-refractivity contribution is 5.45. The van der Waals surface area contributed by atoms with Crippen molar-refractivity contribution in [1.82, 2.24) is 0 Å². The molecule has 0 unspecified atom stereocenters. The van der Waals surface area contributed by atoms with Crippen molar-refractivity contribution < 1.29 is 5.11 Å². The van der Waals surface area contributed by atoms with E-state index in [1.165, 1.54) is 11.1 Å². The molecule has 0 spiro atoms. The van der Waals surface area contributed by atoms with Gasteiger partial charge in [-0.15, -0.1) is 0 Å². The summed E-state index contributed by atoms with van der Waals surface area (Å²) in [5.41, 5.74) is 2.84. The Hall–Kier alpha value is -0.300. The molecule has 1 heteroatoms. The van der Waals surface area contributed by atoms with E-state index in [1.807, 2.05) is 0 Å². The Balaban J connectivity index is 2.61. The molecule has 0 saturated carbocycles. The van der Waals surface area contributed by atoms with Gasteiger partial charge in [0.2, 0.25) is 0 Å². The van der Waals surface area contributed by atoms with E-state index in [2.05, 4.69) is 20.8 Å². The smallest absolute Gasteiger partial charge is 0.0652 e. The van der Waals surface area contributed by atoms with Crippen LogP contribution < -0.4 is 0 Å². The second-order valence-electron chi connectivity index (χ2n) is 2.89. The molecule has 0 amide bonds. The minimum absolute atomic E-state index is 0.249. The van der Waals surface area contributed by atoms with Crippen molar-refractivity contribution in [3.63, 3.8) is 0 Å². The summed E-state index contributed by atoms with van der Waals surface area (Å²) in [6.07, 6.45) is 0. The Morgan fingerprint density at radius 2 is 1.88 bits per heavy atom. The van der Waals surface area contributed by atoms with Crippen LogP contribution in [0.5, 0.6) is 0 Å². The van der Waals surface area contributed by atoms with Crippen LogP contribution in [0.25, 0.3) is 0 Å². The van der Waals surface area contributed by atoms with Gasteiger partial charge in [0, 0.05) is 5.41 Å². The molecule has 0 bridgehead atoms. The van der Waals surface area contributed by atoms with E-state index in [-0.39, 0.29) is 12.0 Å². The number of allylic oxidation sites excluding steroid dienone is 1. The molecule has 0 aromatic carbocycles. The van der Waals surface area contributed by atoms with Gasteiger partial charge in [0.05, 0.1) is 6.61 Å². The maximum atomic E-state index is 8.65. The maximum absolute atomic E-state index is 8.65. The summed E-state index contributed by atoms with van der Waals surface area (Å²) in [5, 5.41) is 8.65. The highest BCUT2D eigenvalue weighted by atomic mass is 16.3. The van der Waals surface area contributed by atoms with Crippen molar-refractivity contribution in [3.05, 3.63) is 11.1 Å². The van der Waals surface area contributed by atoms with E-state index in [4.69, 9.17) is 5.11 Å². The van der Waals surface area contributed by atoms with Crippen molar-refractivity contribution in [3.8, 4) is 0 Å². The first-order valence-electron chi connectivity index (χ1n) is 2.92. The average Bonchev–Trinajstić information content (AvgIpc) is 2.09. The summed E-state index contributed by atoms with van der Waals surface area (Å²) in [5.74, 6) is 0. The first-order valence-corrected chi connectivity index (χ1v) is 2.92. The predicted octanol–water partition coefficient (Wildman–Crippen LogP) is 1.33. The lowest BCUT2D eigenvalue weighted by atomic mass is 10.1. The summed E-state index contributed by atoms with van der Waals surface area (Å²) in [6.45, 7) is 6.59. The molecule has 0 fully saturated rings. The number of hydrogen-bond donors (Lipinski definition) is 1. The van der Waals surface area contributed by atoms with Crippen LogP contribution in [0.3, 0.4) is 0 Å². The van der Waals surface area contributed by atoms with Crippen LogP contribution in [0.15, 0.2) is 11.1 Å². The average molecular weight is 112 g/mol. The number of rotatable bonds is 1. The van der Waals surface area contributed by atoms with Crippen LogP contribution in [-0.2, 0) is 0 Å². The fraction of sp³-hybridized carbons (Fsp3) is 0.714. The fourth-order valence-corrected chi connectivity index (χ4v) is 1.06. The SMILES string of the molecule is CC1=C(CO)C1(C)C. The molecular formula is C7H12O. The van der Waals surface area contributed by atoms with Crippen molar-refractivity contribution in [2.45, 2.75) is 20.8 Å². The van der Waals surface area contributed by atoms with Crippen LogP contribution >= 0.6 is 0 Å². The zero-order valence-electron chi connectivity index (χ0n) is 5.65. The van der Waals surface area contributed by atoms with Crippen LogP contribution in [0.4, 0.5) is 0 Å². The lowest BCUT2D eigenvalue weighted by molar-refractivity contribution is 0.325. The van der Waals surface area contributed by atoms with Crippen LogP contribution in [0.1, 0.15) is 20.8 Å². The van der Waals surface area contributed by atoms with Gasteiger partial charge in [-0.05, 0) is 12.5 Å². The minimum Gasteiger partial charge on any atom is -0.392 e. The Labute approximate surface area is 50.0 Å². The van der Waals surface area contributed by atoms with Gasteiger partial charge in [0.25, 0.3) is 0 Å². The molecule has 1 nitrogen and oxygen atoms in total. The lowest BCUT2D eigenvalue weighted by Crippen LogP contribution is -1.93. The molecular weight excluding hydrogens is 100 g/mol. The second-order valence-corrected chi connectivity index (χ2v) is 2.89. The molecule has 0 aromatic heterocycles. The van der Waals surface area contributed by atoms with E-state index in [0.717, 1.165) is 0 Å². The van der Waals surface area contributed by atoms with Gasteiger partial charge >= 0.3 is 0 Å². The summed E-state index contributed by atoms with van der Waals surface area (Å²) in [6, 6.07) is 0. The molecule has 8 heavy (non-hydrogen) atoms. The first kappa shape index (κ1) is 5.83. The van der Waals surface area contributed by atoms with Gasteiger partial charge in [0.1, 0.15) is 0 Å². The molecule has 0 radical (unpaired) electrons. The normalized spacial score (nSPS) is 24.0. The molecule has 46 valence electrons. The molecule has 0 saturated heterocycles. The van der Waals surface area contributed by atoms with Gasteiger partial charge in [-0.2, -0.15) is 0 Å². The van der Waals surface area contributed by atoms with Crippen LogP contribution in [-0.4, -0.2) is 11.7 Å². The summed E-state index contributed by atoms with van der Waals surface area (Å²) in [4.78, 5) is 0. The third-order valence-electron chi connectivity index (χ3n) is 2.24.